The van der Waals surface area contributed by atoms with Crippen LogP contribution in [0.1, 0.15) is 19.4 Å². The van der Waals surface area contributed by atoms with E-state index in [1.54, 1.807) is 0 Å². The Morgan fingerprint density at radius 2 is 1.94 bits per heavy atom. The molecule has 1 aliphatic carbocycles. The number of benzene rings is 1. The Balaban J connectivity index is 2.53. The zero-order valence-corrected chi connectivity index (χ0v) is 9.98. The van der Waals surface area contributed by atoms with Crippen LogP contribution in [-0.2, 0) is 5.41 Å². The lowest BCUT2D eigenvalue weighted by molar-refractivity contribution is 0.486. The van der Waals surface area contributed by atoms with Gasteiger partial charge >= 0.3 is 0 Å². The van der Waals surface area contributed by atoms with Gasteiger partial charge in [-0.15, -0.1) is 6.58 Å². The van der Waals surface area contributed by atoms with Crippen molar-refractivity contribution in [1.82, 2.24) is 0 Å². The van der Waals surface area contributed by atoms with Gasteiger partial charge in [0.1, 0.15) is 0 Å². The lowest BCUT2D eigenvalue weighted by Crippen LogP contribution is -2.31. The van der Waals surface area contributed by atoms with E-state index in [4.69, 9.17) is 0 Å². The second kappa shape index (κ2) is 4.13. The van der Waals surface area contributed by atoms with E-state index in [0.29, 0.717) is 5.92 Å². The zero-order valence-electron chi connectivity index (χ0n) is 9.98. The summed E-state index contributed by atoms with van der Waals surface area (Å²) in [6.07, 6.45) is 8.66. The van der Waals surface area contributed by atoms with Crippen molar-refractivity contribution in [2.45, 2.75) is 19.3 Å². The van der Waals surface area contributed by atoms with Crippen LogP contribution in [0.3, 0.4) is 0 Å². The van der Waals surface area contributed by atoms with Crippen LogP contribution in [0.2, 0.25) is 0 Å². The highest BCUT2D eigenvalue weighted by molar-refractivity contribution is 5.44. The minimum atomic E-state index is -0.0416. The van der Waals surface area contributed by atoms with Crippen LogP contribution in [0.4, 0.5) is 0 Å². The van der Waals surface area contributed by atoms with E-state index < -0.39 is 0 Å². The molecule has 2 unspecified atom stereocenters. The highest BCUT2D eigenvalue weighted by Crippen LogP contribution is 2.41. The van der Waals surface area contributed by atoms with Gasteiger partial charge in [-0.3, -0.25) is 0 Å². The summed E-state index contributed by atoms with van der Waals surface area (Å²) in [4.78, 5) is 0. The molecular formula is C16H18. The predicted octanol–water partition coefficient (Wildman–Crippen LogP) is 4.26. The van der Waals surface area contributed by atoms with Crippen LogP contribution < -0.4 is 0 Å². The number of rotatable bonds is 2. The predicted molar refractivity (Wildman–Crippen MR) is 70.4 cm³/mol. The van der Waals surface area contributed by atoms with Gasteiger partial charge in [0.15, 0.2) is 0 Å². The molecule has 0 spiro atoms. The van der Waals surface area contributed by atoms with Gasteiger partial charge in [0.25, 0.3) is 0 Å². The maximum atomic E-state index is 4.04. The van der Waals surface area contributed by atoms with Crippen LogP contribution in [0.5, 0.6) is 0 Å². The van der Waals surface area contributed by atoms with E-state index in [1.807, 2.05) is 0 Å². The summed E-state index contributed by atoms with van der Waals surface area (Å²) in [5.74, 6) is 0.470. The Kier molecular flexibility index (Phi) is 2.82. The average Bonchev–Trinajstić information content (AvgIpc) is 2.34. The highest BCUT2D eigenvalue weighted by Gasteiger charge is 2.34. The van der Waals surface area contributed by atoms with Gasteiger partial charge in [-0.2, -0.15) is 0 Å². The molecule has 0 saturated heterocycles. The quantitative estimate of drug-likeness (QED) is 0.640. The molecule has 1 aromatic rings. The van der Waals surface area contributed by atoms with Gasteiger partial charge in [0, 0.05) is 5.41 Å². The second-order valence-electron chi connectivity index (χ2n) is 4.49. The summed E-state index contributed by atoms with van der Waals surface area (Å²) in [7, 11) is 0. The lowest BCUT2D eigenvalue weighted by Gasteiger charge is -2.37. The summed E-state index contributed by atoms with van der Waals surface area (Å²) in [6, 6.07) is 10.6. The smallest absolute Gasteiger partial charge is 0.0375 e. The lowest BCUT2D eigenvalue weighted by atomic mass is 9.66. The third-order valence-corrected chi connectivity index (χ3v) is 3.74. The van der Waals surface area contributed by atoms with Crippen molar-refractivity contribution in [3.63, 3.8) is 0 Å². The average molecular weight is 210 g/mol. The molecule has 0 bridgehead atoms. The van der Waals surface area contributed by atoms with Crippen molar-refractivity contribution in [1.29, 1.82) is 0 Å². The fourth-order valence-corrected chi connectivity index (χ4v) is 2.46. The second-order valence-corrected chi connectivity index (χ2v) is 4.49. The first-order valence-corrected chi connectivity index (χ1v) is 5.76. The van der Waals surface area contributed by atoms with Crippen molar-refractivity contribution in [3.05, 3.63) is 72.4 Å². The largest absolute Gasteiger partial charge is 0.102 e. The maximum Gasteiger partial charge on any atom is 0.0375 e. The van der Waals surface area contributed by atoms with Gasteiger partial charge in [-0.1, -0.05) is 67.1 Å². The van der Waals surface area contributed by atoms with Gasteiger partial charge in [-0.25, -0.2) is 0 Å². The molecule has 1 aliphatic rings. The molecular weight excluding hydrogens is 192 g/mol. The molecule has 0 heterocycles. The minimum Gasteiger partial charge on any atom is -0.102 e. The summed E-state index contributed by atoms with van der Waals surface area (Å²) in [5, 5.41) is 0. The molecule has 82 valence electrons. The topological polar surface area (TPSA) is 0 Å². The van der Waals surface area contributed by atoms with E-state index in [1.165, 1.54) is 11.1 Å². The highest BCUT2D eigenvalue weighted by atomic mass is 14.4. The van der Waals surface area contributed by atoms with Crippen LogP contribution in [0.15, 0.2) is 66.8 Å². The SMILES string of the molecule is C=CC1(c2ccccc2)C=CC=C(C)C1C. The third-order valence-electron chi connectivity index (χ3n) is 3.74. The Bertz CT molecular complexity index is 436. The summed E-state index contributed by atoms with van der Waals surface area (Å²) in [6.45, 7) is 8.50. The van der Waals surface area contributed by atoms with Crippen molar-refractivity contribution < 1.29 is 0 Å². The van der Waals surface area contributed by atoms with E-state index in [9.17, 15) is 0 Å². The molecule has 0 radical (unpaired) electrons. The molecule has 2 atom stereocenters. The number of allylic oxidation sites excluding steroid dienone is 5. The first-order chi connectivity index (χ1) is 7.70. The maximum absolute atomic E-state index is 4.04. The van der Waals surface area contributed by atoms with E-state index in [2.05, 4.69) is 75.1 Å². The normalized spacial score (nSPS) is 28.6. The summed E-state index contributed by atoms with van der Waals surface area (Å²) >= 11 is 0. The number of hydrogen-bond donors (Lipinski definition) is 0. The van der Waals surface area contributed by atoms with Crippen LogP contribution >= 0.6 is 0 Å². The Hall–Kier alpha value is -1.56. The van der Waals surface area contributed by atoms with Crippen molar-refractivity contribution >= 4 is 0 Å². The molecule has 0 heteroatoms. The zero-order chi connectivity index (χ0) is 11.6. The third kappa shape index (κ3) is 1.55. The van der Waals surface area contributed by atoms with Crippen LogP contribution in [0, 0.1) is 5.92 Å². The molecule has 0 fully saturated rings. The first kappa shape index (κ1) is 10.9. The molecule has 0 nitrogen and oxygen atoms in total. The molecule has 2 rings (SSSR count). The van der Waals surface area contributed by atoms with Gasteiger partial charge in [0.05, 0.1) is 0 Å². The van der Waals surface area contributed by atoms with Crippen molar-refractivity contribution in [2.75, 3.05) is 0 Å². The molecule has 1 aromatic carbocycles. The molecule has 0 aliphatic heterocycles. The molecule has 0 aromatic heterocycles. The van der Waals surface area contributed by atoms with Gasteiger partial charge < -0.3 is 0 Å². The van der Waals surface area contributed by atoms with Crippen LogP contribution in [-0.4, -0.2) is 0 Å². The van der Waals surface area contributed by atoms with Crippen LogP contribution in [0.25, 0.3) is 0 Å². The Labute approximate surface area is 98.0 Å². The van der Waals surface area contributed by atoms with E-state index in [0.717, 1.165) is 0 Å². The molecule has 0 amide bonds. The standard InChI is InChI=1S/C16H18/c1-4-16(15-10-6-5-7-11-15)12-8-9-13(2)14(16)3/h4-12,14H,1H2,2-3H3. The fourth-order valence-electron chi connectivity index (χ4n) is 2.46. The Morgan fingerprint density at radius 3 is 2.56 bits per heavy atom. The van der Waals surface area contributed by atoms with Crippen molar-refractivity contribution in [3.8, 4) is 0 Å². The van der Waals surface area contributed by atoms with E-state index >= 15 is 0 Å². The fraction of sp³-hybridized carbons (Fsp3) is 0.250. The Morgan fingerprint density at radius 1 is 1.25 bits per heavy atom. The monoisotopic (exact) mass is 210 g/mol. The van der Waals surface area contributed by atoms with E-state index in [-0.39, 0.29) is 5.41 Å². The van der Waals surface area contributed by atoms with Gasteiger partial charge in [0.2, 0.25) is 0 Å². The summed E-state index contributed by atoms with van der Waals surface area (Å²) in [5.41, 5.74) is 2.69. The molecule has 0 N–H and O–H groups in total. The minimum absolute atomic E-state index is 0.0416. The summed E-state index contributed by atoms with van der Waals surface area (Å²) < 4.78 is 0. The molecule has 16 heavy (non-hydrogen) atoms. The van der Waals surface area contributed by atoms with Gasteiger partial charge in [-0.05, 0) is 18.4 Å². The molecule has 0 saturated carbocycles. The first-order valence-electron chi connectivity index (χ1n) is 5.76. The van der Waals surface area contributed by atoms with Crippen molar-refractivity contribution in [2.24, 2.45) is 5.92 Å². The number of hydrogen-bond acceptors (Lipinski definition) is 0.